The fourth-order valence-corrected chi connectivity index (χ4v) is 4.91. The molecule has 0 radical (unpaired) electrons. The maximum absolute atomic E-state index is 14.4. The summed E-state index contributed by atoms with van der Waals surface area (Å²) in [6, 6.07) is 24.7. The van der Waals surface area contributed by atoms with Crippen LogP contribution in [-0.4, -0.2) is 19.5 Å². The highest BCUT2D eigenvalue weighted by Crippen LogP contribution is 2.31. The minimum Gasteiger partial charge on any atom is -0.368 e. The Balaban J connectivity index is 1.59. The Hall–Kier alpha value is -5.62. The molecule has 0 amide bonds. The quantitative estimate of drug-likeness (QED) is 0.292. The monoisotopic (exact) mass is 527 g/mol. The number of para-hydroxylation sites is 1. The summed E-state index contributed by atoms with van der Waals surface area (Å²) in [6.45, 7) is 1.83. The van der Waals surface area contributed by atoms with E-state index < -0.39 is 11.9 Å². The summed E-state index contributed by atoms with van der Waals surface area (Å²) in [6.07, 6.45) is 3.09. The molecule has 0 fully saturated rings. The van der Waals surface area contributed by atoms with Gasteiger partial charge < -0.3 is 11.1 Å². The van der Waals surface area contributed by atoms with Crippen LogP contribution in [0.5, 0.6) is 0 Å². The average molecular weight is 528 g/mol. The van der Waals surface area contributed by atoms with Crippen molar-refractivity contribution in [2.45, 2.75) is 13.0 Å². The molecule has 3 aromatic carbocycles. The van der Waals surface area contributed by atoms with Gasteiger partial charge in [0.1, 0.15) is 23.3 Å². The summed E-state index contributed by atoms with van der Waals surface area (Å²) >= 11 is 0. The fourth-order valence-electron chi connectivity index (χ4n) is 4.91. The van der Waals surface area contributed by atoms with E-state index in [1.807, 2.05) is 67.6 Å². The second-order valence-corrected chi connectivity index (χ2v) is 9.34. The van der Waals surface area contributed by atoms with E-state index in [1.54, 1.807) is 18.3 Å². The van der Waals surface area contributed by atoms with E-state index in [1.165, 1.54) is 22.9 Å². The second-order valence-electron chi connectivity index (χ2n) is 9.34. The molecule has 0 spiro atoms. The maximum atomic E-state index is 14.4. The van der Waals surface area contributed by atoms with Gasteiger partial charge in [0, 0.05) is 22.8 Å². The average Bonchev–Trinajstić information content (AvgIpc) is 2.96. The zero-order valence-electron chi connectivity index (χ0n) is 21.3. The molecule has 9 heteroatoms. The van der Waals surface area contributed by atoms with Crippen LogP contribution in [0, 0.1) is 17.1 Å². The van der Waals surface area contributed by atoms with Gasteiger partial charge in [-0.1, -0.05) is 42.5 Å². The highest BCUT2D eigenvalue weighted by molar-refractivity contribution is 5.98. The number of pyridine rings is 2. The fraction of sp³-hybridized carbons (Fsp3) is 0.0645. The standard InChI is InChI=1S/C31H22FN7O/c1-18(37-29-22(15-33)17-36-31(34)38-29)27-13-20-7-4-10-25(21-12-19-6-2-3-11-26(19)35-16-21)28(20)30(40)39(27)24-9-5-8-23(32)14-24/h2-14,16-18H,1H3,(H3,34,36,37,38)/t18-/m0/s1. The summed E-state index contributed by atoms with van der Waals surface area (Å²) in [4.78, 5) is 27.0. The summed E-state index contributed by atoms with van der Waals surface area (Å²) in [5.74, 6) is -0.237. The molecule has 8 nitrogen and oxygen atoms in total. The van der Waals surface area contributed by atoms with Crippen LogP contribution in [0.2, 0.25) is 0 Å². The number of hydrogen-bond donors (Lipinski definition) is 2. The molecular weight excluding hydrogens is 505 g/mol. The van der Waals surface area contributed by atoms with E-state index >= 15 is 0 Å². The number of anilines is 2. The number of nitrogen functional groups attached to an aromatic ring is 1. The molecule has 3 N–H and O–H groups in total. The zero-order chi connectivity index (χ0) is 27.8. The largest absolute Gasteiger partial charge is 0.368 e. The molecule has 0 unspecified atom stereocenters. The predicted molar refractivity (Wildman–Crippen MR) is 153 cm³/mol. The number of aromatic nitrogens is 4. The molecule has 1 atom stereocenters. The van der Waals surface area contributed by atoms with Crippen molar-refractivity contribution < 1.29 is 4.39 Å². The number of hydrogen-bond acceptors (Lipinski definition) is 7. The molecule has 3 heterocycles. The number of halogens is 1. The molecule has 0 aliphatic rings. The molecule has 6 rings (SSSR count). The lowest BCUT2D eigenvalue weighted by Crippen LogP contribution is -2.26. The van der Waals surface area contributed by atoms with Crippen molar-refractivity contribution in [3.63, 3.8) is 0 Å². The van der Waals surface area contributed by atoms with Gasteiger partial charge in [-0.05, 0) is 54.3 Å². The van der Waals surface area contributed by atoms with Crippen molar-refractivity contribution in [1.82, 2.24) is 19.5 Å². The minimum atomic E-state index is -0.534. The van der Waals surface area contributed by atoms with Gasteiger partial charge in [0.05, 0.1) is 28.8 Å². The number of nitrogens with two attached hydrogens (primary N) is 1. The first-order chi connectivity index (χ1) is 19.4. The first-order valence-corrected chi connectivity index (χ1v) is 12.5. The van der Waals surface area contributed by atoms with Crippen LogP contribution in [0.25, 0.3) is 38.5 Å². The Kier molecular flexibility index (Phi) is 6.13. The molecule has 6 aromatic rings. The normalized spacial score (nSPS) is 11.8. The van der Waals surface area contributed by atoms with Gasteiger partial charge in [0.25, 0.3) is 5.56 Å². The second kappa shape index (κ2) is 9.93. The first-order valence-electron chi connectivity index (χ1n) is 12.5. The molecule has 0 saturated carbocycles. The van der Waals surface area contributed by atoms with Crippen LogP contribution < -0.4 is 16.6 Å². The minimum absolute atomic E-state index is 0.00312. The van der Waals surface area contributed by atoms with E-state index in [2.05, 4.69) is 20.3 Å². The molecule has 0 aliphatic carbocycles. The lowest BCUT2D eigenvalue weighted by Gasteiger charge is -2.22. The molecule has 0 aliphatic heterocycles. The van der Waals surface area contributed by atoms with E-state index in [9.17, 15) is 14.4 Å². The Labute approximate surface area is 228 Å². The smallest absolute Gasteiger partial charge is 0.263 e. The van der Waals surface area contributed by atoms with E-state index in [0.717, 1.165) is 16.5 Å². The van der Waals surface area contributed by atoms with Crippen molar-refractivity contribution in [2.75, 3.05) is 11.1 Å². The predicted octanol–water partition coefficient (Wildman–Crippen LogP) is 5.76. The zero-order valence-corrected chi connectivity index (χ0v) is 21.3. The van der Waals surface area contributed by atoms with Gasteiger partial charge in [-0.3, -0.25) is 14.3 Å². The Morgan fingerprint density at radius 2 is 1.77 bits per heavy atom. The lowest BCUT2D eigenvalue weighted by atomic mass is 9.98. The molecule has 194 valence electrons. The number of benzene rings is 3. The molecule has 0 bridgehead atoms. The lowest BCUT2D eigenvalue weighted by molar-refractivity contribution is 0.625. The number of nitrogens with one attached hydrogen (secondary N) is 1. The van der Waals surface area contributed by atoms with Crippen LogP contribution in [-0.2, 0) is 0 Å². The summed E-state index contributed by atoms with van der Waals surface area (Å²) < 4.78 is 15.9. The number of rotatable bonds is 5. The SMILES string of the molecule is C[C@H](Nc1nc(N)ncc1C#N)c1cc2cccc(-c3cnc4ccccc4c3)c2c(=O)n1-c1cccc(F)c1. The van der Waals surface area contributed by atoms with Gasteiger partial charge >= 0.3 is 0 Å². The number of fused-ring (bicyclic) bond motifs is 2. The summed E-state index contributed by atoms with van der Waals surface area (Å²) in [7, 11) is 0. The van der Waals surface area contributed by atoms with E-state index in [-0.39, 0.29) is 22.9 Å². The van der Waals surface area contributed by atoms with Crippen molar-refractivity contribution in [3.8, 4) is 22.9 Å². The van der Waals surface area contributed by atoms with Crippen LogP contribution in [0.15, 0.2) is 96.1 Å². The number of nitrogens with zero attached hydrogens (tertiary/aromatic N) is 5. The van der Waals surface area contributed by atoms with Gasteiger partial charge in [-0.25, -0.2) is 9.37 Å². The Bertz CT molecular complexity index is 2030. The summed E-state index contributed by atoms with van der Waals surface area (Å²) in [5, 5.41) is 14.9. The topological polar surface area (TPSA) is 123 Å². The molecule has 0 saturated heterocycles. The highest BCUT2D eigenvalue weighted by atomic mass is 19.1. The van der Waals surface area contributed by atoms with Crippen molar-refractivity contribution in [3.05, 3.63) is 119 Å². The van der Waals surface area contributed by atoms with Gasteiger partial charge in [-0.15, -0.1) is 0 Å². The van der Waals surface area contributed by atoms with Crippen molar-refractivity contribution in [2.24, 2.45) is 0 Å². The third-order valence-corrected chi connectivity index (χ3v) is 6.77. The third-order valence-electron chi connectivity index (χ3n) is 6.77. The molecule has 3 aromatic heterocycles. The van der Waals surface area contributed by atoms with E-state index in [0.29, 0.717) is 27.7 Å². The Morgan fingerprint density at radius 1 is 0.975 bits per heavy atom. The molecular formula is C31H22FN7O. The first kappa shape index (κ1) is 24.7. The van der Waals surface area contributed by atoms with Gasteiger partial charge in [0.2, 0.25) is 5.95 Å². The van der Waals surface area contributed by atoms with Crippen LogP contribution in [0.1, 0.15) is 24.2 Å². The van der Waals surface area contributed by atoms with Gasteiger partial charge in [-0.2, -0.15) is 10.2 Å². The maximum Gasteiger partial charge on any atom is 0.263 e. The highest BCUT2D eigenvalue weighted by Gasteiger charge is 2.20. The van der Waals surface area contributed by atoms with Crippen LogP contribution in [0.4, 0.5) is 16.2 Å². The Morgan fingerprint density at radius 3 is 2.60 bits per heavy atom. The summed E-state index contributed by atoms with van der Waals surface area (Å²) in [5.41, 5.74) is 8.91. The van der Waals surface area contributed by atoms with Crippen LogP contribution >= 0.6 is 0 Å². The molecule has 40 heavy (non-hydrogen) atoms. The van der Waals surface area contributed by atoms with Crippen molar-refractivity contribution >= 4 is 33.4 Å². The van der Waals surface area contributed by atoms with Crippen molar-refractivity contribution in [1.29, 1.82) is 5.26 Å². The number of nitriles is 1. The van der Waals surface area contributed by atoms with Gasteiger partial charge in [0.15, 0.2) is 0 Å². The third kappa shape index (κ3) is 4.37. The van der Waals surface area contributed by atoms with E-state index in [4.69, 9.17) is 5.73 Å². The van der Waals surface area contributed by atoms with Crippen LogP contribution in [0.3, 0.4) is 0 Å².